The summed E-state index contributed by atoms with van der Waals surface area (Å²) in [5.74, 6) is 0.634. The molecule has 2 aromatic rings. The van der Waals surface area contributed by atoms with Crippen molar-refractivity contribution in [1.82, 2.24) is 19.7 Å². The van der Waals surface area contributed by atoms with Gasteiger partial charge in [0.1, 0.15) is 24.2 Å². The predicted molar refractivity (Wildman–Crippen MR) is 44.5 cm³/mol. The molecule has 13 heavy (non-hydrogen) atoms. The van der Waals surface area contributed by atoms with Crippen LogP contribution in [0.4, 0.5) is 0 Å². The first kappa shape index (κ1) is 7.60. The Balaban J connectivity index is 2.47. The molecule has 0 aliphatic rings. The molecule has 5 nitrogen and oxygen atoms in total. The Bertz CT molecular complexity index is 410. The first-order valence-electron chi connectivity index (χ1n) is 3.67. The standard InChI is InChI=1S/C8H6N4O/c13-4-7-2-1-3-8(11-7)12-5-9-10-6-12/h1-6H. The van der Waals surface area contributed by atoms with Crippen LogP contribution in [0.2, 0.25) is 0 Å². The number of aldehydes is 1. The molecule has 2 heterocycles. The fourth-order valence-electron chi connectivity index (χ4n) is 0.968. The molecule has 0 aliphatic heterocycles. The third-order valence-corrected chi connectivity index (χ3v) is 1.56. The van der Waals surface area contributed by atoms with Crippen molar-refractivity contribution in [2.75, 3.05) is 0 Å². The van der Waals surface area contributed by atoms with Gasteiger partial charge < -0.3 is 0 Å². The maximum Gasteiger partial charge on any atom is 0.168 e. The lowest BCUT2D eigenvalue weighted by molar-refractivity contribution is 0.111. The molecule has 2 rings (SSSR count). The van der Waals surface area contributed by atoms with Crippen molar-refractivity contribution in [3.05, 3.63) is 36.5 Å². The van der Waals surface area contributed by atoms with Gasteiger partial charge >= 0.3 is 0 Å². The second kappa shape index (κ2) is 3.14. The molecule has 0 unspecified atom stereocenters. The average Bonchev–Trinajstić information content (AvgIpc) is 2.71. The number of hydrogen-bond acceptors (Lipinski definition) is 4. The number of hydrogen-bond donors (Lipinski definition) is 0. The monoisotopic (exact) mass is 174 g/mol. The minimum absolute atomic E-state index is 0.395. The van der Waals surface area contributed by atoms with E-state index < -0.39 is 0 Å². The molecule has 0 saturated heterocycles. The van der Waals surface area contributed by atoms with Crippen LogP contribution in [0.15, 0.2) is 30.9 Å². The summed E-state index contributed by atoms with van der Waals surface area (Å²) in [5, 5.41) is 7.28. The lowest BCUT2D eigenvalue weighted by Gasteiger charge is -1.98. The van der Waals surface area contributed by atoms with Gasteiger partial charge in [0, 0.05) is 0 Å². The molecule has 0 saturated carbocycles. The van der Waals surface area contributed by atoms with E-state index in [2.05, 4.69) is 15.2 Å². The minimum atomic E-state index is 0.395. The molecule has 0 spiro atoms. The highest BCUT2D eigenvalue weighted by atomic mass is 16.1. The van der Waals surface area contributed by atoms with Gasteiger partial charge in [0.05, 0.1) is 0 Å². The molecule has 0 aliphatic carbocycles. The van der Waals surface area contributed by atoms with Gasteiger partial charge in [-0.1, -0.05) is 6.07 Å². The number of nitrogens with zero attached hydrogens (tertiary/aromatic N) is 4. The molecular formula is C8H6N4O. The second-order valence-corrected chi connectivity index (χ2v) is 2.41. The molecule has 0 N–H and O–H groups in total. The summed E-state index contributed by atoms with van der Waals surface area (Å²) >= 11 is 0. The summed E-state index contributed by atoms with van der Waals surface area (Å²) in [6.07, 6.45) is 3.75. The van der Waals surface area contributed by atoms with E-state index in [4.69, 9.17) is 0 Å². The Morgan fingerprint density at radius 3 is 2.69 bits per heavy atom. The topological polar surface area (TPSA) is 60.7 Å². The zero-order valence-corrected chi connectivity index (χ0v) is 6.66. The largest absolute Gasteiger partial charge is 0.296 e. The number of carbonyl (C=O) groups excluding carboxylic acids is 1. The van der Waals surface area contributed by atoms with Crippen molar-refractivity contribution < 1.29 is 4.79 Å². The highest BCUT2D eigenvalue weighted by Gasteiger charge is 1.97. The summed E-state index contributed by atoms with van der Waals surface area (Å²) < 4.78 is 1.63. The average molecular weight is 174 g/mol. The van der Waals surface area contributed by atoms with Gasteiger partial charge in [0.25, 0.3) is 0 Å². The molecule has 0 fully saturated rings. The predicted octanol–water partition coefficient (Wildman–Crippen LogP) is 0.475. The van der Waals surface area contributed by atoms with Crippen LogP contribution in [0.3, 0.4) is 0 Å². The Morgan fingerprint density at radius 1 is 1.23 bits per heavy atom. The second-order valence-electron chi connectivity index (χ2n) is 2.41. The zero-order chi connectivity index (χ0) is 9.10. The van der Waals surface area contributed by atoms with Crippen molar-refractivity contribution >= 4 is 6.29 Å². The highest BCUT2D eigenvalue weighted by molar-refractivity contribution is 5.71. The van der Waals surface area contributed by atoms with E-state index in [9.17, 15) is 4.79 Å². The maximum absolute atomic E-state index is 10.4. The number of rotatable bonds is 2. The summed E-state index contributed by atoms with van der Waals surface area (Å²) in [5.41, 5.74) is 0.395. The number of carbonyl (C=O) groups is 1. The van der Waals surface area contributed by atoms with Gasteiger partial charge in [-0.25, -0.2) is 4.98 Å². The van der Waals surface area contributed by atoms with Crippen LogP contribution in [0, 0.1) is 0 Å². The molecule has 5 heteroatoms. The highest BCUT2D eigenvalue weighted by Crippen LogP contribution is 2.02. The van der Waals surface area contributed by atoms with Crippen LogP contribution < -0.4 is 0 Å². The fraction of sp³-hybridized carbons (Fsp3) is 0. The van der Waals surface area contributed by atoms with E-state index in [1.807, 2.05) is 0 Å². The molecular weight excluding hydrogens is 168 g/mol. The van der Waals surface area contributed by atoms with Crippen molar-refractivity contribution in [3.63, 3.8) is 0 Å². The molecule has 2 aromatic heterocycles. The third kappa shape index (κ3) is 1.44. The lowest BCUT2D eigenvalue weighted by Crippen LogP contribution is -1.96. The first-order chi connectivity index (χ1) is 6.40. The zero-order valence-electron chi connectivity index (χ0n) is 6.66. The number of pyridine rings is 1. The Morgan fingerprint density at radius 2 is 2.00 bits per heavy atom. The van der Waals surface area contributed by atoms with Crippen molar-refractivity contribution in [1.29, 1.82) is 0 Å². The lowest BCUT2D eigenvalue weighted by atomic mass is 10.3. The summed E-state index contributed by atoms with van der Waals surface area (Å²) in [4.78, 5) is 14.5. The quantitative estimate of drug-likeness (QED) is 0.621. The van der Waals surface area contributed by atoms with Gasteiger partial charge in [-0.15, -0.1) is 10.2 Å². The van der Waals surface area contributed by atoms with Crippen LogP contribution in [0.1, 0.15) is 10.5 Å². The van der Waals surface area contributed by atoms with Crippen molar-refractivity contribution in [3.8, 4) is 5.82 Å². The van der Waals surface area contributed by atoms with Crippen molar-refractivity contribution in [2.45, 2.75) is 0 Å². The van der Waals surface area contributed by atoms with E-state index in [1.165, 1.54) is 12.7 Å². The van der Waals surface area contributed by atoms with Crippen LogP contribution in [0.5, 0.6) is 0 Å². The number of aromatic nitrogens is 4. The van der Waals surface area contributed by atoms with E-state index in [-0.39, 0.29) is 0 Å². The van der Waals surface area contributed by atoms with Crippen LogP contribution in [-0.4, -0.2) is 26.0 Å². The summed E-state index contributed by atoms with van der Waals surface area (Å²) in [6, 6.07) is 5.17. The van der Waals surface area contributed by atoms with E-state index >= 15 is 0 Å². The van der Waals surface area contributed by atoms with Gasteiger partial charge in [0.15, 0.2) is 6.29 Å². The van der Waals surface area contributed by atoms with E-state index in [0.717, 1.165) is 0 Å². The molecule has 64 valence electrons. The normalized spacial score (nSPS) is 9.85. The smallest absolute Gasteiger partial charge is 0.168 e. The minimum Gasteiger partial charge on any atom is -0.296 e. The van der Waals surface area contributed by atoms with Gasteiger partial charge in [-0.3, -0.25) is 9.36 Å². The molecule has 0 radical (unpaired) electrons. The summed E-state index contributed by atoms with van der Waals surface area (Å²) in [6.45, 7) is 0. The van der Waals surface area contributed by atoms with E-state index in [1.54, 1.807) is 22.8 Å². The molecule has 0 bridgehead atoms. The molecule has 0 atom stereocenters. The van der Waals surface area contributed by atoms with Crippen LogP contribution >= 0.6 is 0 Å². The Hall–Kier alpha value is -2.04. The maximum atomic E-state index is 10.4. The SMILES string of the molecule is O=Cc1cccc(-n2cnnc2)n1. The Kier molecular flexibility index (Phi) is 1.84. The molecule has 0 amide bonds. The first-order valence-corrected chi connectivity index (χ1v) is 3.67. The fourth-order valence-corrected chi connectivity index (χ4v) is 0.968. The Labute approximate surface area is 74.1 Å². The summed E-state index contributed by atoms with van der Waals surface area (Å²) in [7, 11) is 0. The van der Waals surface area contributed by atoms with E-state index in [0.29, 0.717) is 17.8 Å². The van der Waals surface area contributed by atoms with Crippen LogP contribution in [-0.2, 0) is 0 Å². The molecule has 0 aromatic carbocycles. The van der Waals surface area contributed by atoms with Crippen LogP contribution in [0.25, 0.3) is 5.82 Å². The van der Waals surface area contributed by atoms with Crippen molar-refractivity contribution in [2.24, 2.45) is 0 Å². The van der Waals surface area contributed by atoms with Gasteiger partial charge in [-0.2, -0.15) is 0 Å². The van der Waals surface area contributed by atoms with Gasteiger partial charge in [0.2, 0.25) is 0 Å². The van der Waals surface area contributed by atoms with Gasteiger partial charge in [-0.05, 0) is 12.1 Å². The third-order valence-electron chi connectivity index (χ3n) is 1.56.